The Morgan fingerprint density at radius 3 is 3.13 bits per heavy atom. The first-order chi connectivity index (χ1) is 7.25. The lowest BCUT2D eigenvalue weighted by Gasteiger charge is -1.99. The summed E-state index contributed by atoms with van der Waals surface area (Å²) in [5.74, 6) is 0. The average molecular weight is 216 g/mol. The summed E-state index contributed by atoms with van der Waals surface area (Å²) < 4.78 is 1.59. The van der Waals surface area contributed by atoms with Crippen molar-refractivity contribution >= 4 is 27.2 Å². The van der Waals surface area contributed by atoms with Gasteiger partial charge in [-0.05, 0) is 24.6 Å². The van der Waals surface area contributed by atoms with Gasteiger partial charge in [0, 0.05) is 11.6 Å². The molecule has 15 heavy (non-hydrogen) atoms. The molecule has 1 aromatic carbocycles. The van der Waals surface area contributed by atoms with Crippen molar-refractivity contribution in [1.82, 2.24) is 9.38 Å². The molecule has 3 aromatic rings. The Bertz CT molecular complexity index is 711. The Morgan fingerprint density at radius 1 is 1.40 bits per heavy atom. The minimum atomic E-state index is 0.0104. The SMILES string of the molecule is Cc1ccc2c(=O)n3ccsc3nc2c1. The summed E-state index contributed by atoms with van der Waals surface area (Å²) in [5.41, 5.74) is 1.91. The van der Waals surface area contributed by atoms with E-state index in [1.165, 1.54) is 11.3 Å². The van der Waals surface area contributed by atoms with Gasteiger partial charge in [0.25, 0.3) is 5.56 Å². The molecule has 0 aliphatic heterocycles. The third-order valence-corrected chi connectivity index (χ3v) is 3.16. The fourth-order valence-corrected chi connectivity index (χ4v) is 2.37. The maximum absolute atomic E-state index is 12.0. The normalized spacial score (nSPS) is 11.3. The number of fused-ring (bicyclic) bond motifs is 2. The highest BCUT2D eigenvalue weighted by atomic mass is 32.1. The van der Waals surface area contributed by atoms with Crippen LogP contribution in [0.15, 0.2) is 34.6 Å². The van der Waals surface area contributed by atoms with Crippen LogP contribution in [-0.2, 0) is 0 Å². The first-order valence-corrected chi connectivity index (χ1v) is 5.50. The van der Waals surface area contributed by atoms with Gasteiger partial charge < -0.3 is 0 Å². The summed E-state index contributed by atoms with van der Waals surface area (Å²) in [7, 11) is 0. The first-order valence-electron chi connectivity index (χ1n) is 4.62. The zero-order valence-electron chi connectivity index (χ0n) is 8.10. The third kappa shape index (κ3) is 1.18. The van der Waals surface area contributed by atoms with Gasteiger partial charge in [0.2, 0.25) is 0 Å². The van der Waals surface area contributed by atoms with Crippen LogP contribution in [-0.4, -0.2) is 9.38 Å². The van der Waals surface area contributed by atoms with Crippen LogP contribution < -0.4 is 5.56 Å². The Kier molecular flexibility index (Phi) is 1.67. The van der Waals surface area contributed by atoms with Crippen LogP contribution >= 0.6 is 11.3 Å². The largest absolute Gasteiger partial charge is 0.268 e. The number of hydrogen-bond donors (Lipinski definition) is 0. The number of hydrogen-bond acceptors (Lipinski definition) is 3. The molecule has 74 valence electrons. The van der Waals surface area contributed by atoms with E-state index in [1.54, 1.807) is 10.6 Å². The molecule has 0 saturated carbocycles. The molecular weight excluding hydrogens is 208 g/mol. The number of aromatic nitrogens is 2. The highest BCUT2D eigenvalue weighted by Crippen LogP contribution is 2.14. The predicted molar refractivity (Wildman–Crippen MR) is 61.6 cm³/mol. The highest BCUT2D eigenvalue weighted by molar-refractivity contribution is 7.15. The minimum absolute atomic E-state index is 0.0104. The van der Waals surface area contributed by atoms with Crippen molar-refractivity contribution in [3.05, 3.63) is 45.7 Å². The van der Waals surface area contributed by atoms with Gasteiger partial charge in [-0.15, -0.1) is 11.3 Å². The standard InChI is InChI=1S/C11H8N2OS/c1-7-2-3-8-9(6-7)12-11-13(10(8)14)4-5-15-11/h2-6H,1H3. The van der Waals surface area contributed by atoms with Gasteiger partial charge in [-0.2, -0.15) is 0 Å². The molecule has 0 bridgehead atoms. The molecule has 0 unspecified atom stereocenters. The van der Waals surface area contributed by atoms with Crippen molar-refractivity contribution in [1.29, 1.82) is 0 Å². The van der Waals surface area contributed by atoms with E-state index in [2.05, 4.69) is 4.98 Å². The summed E-state index contributed by atoms with van der Waals surface area (Å²) in [6.07, 6.45) is 1.76. The molecule has 0 spiro atoms. The summed E-state index contributed by atoms with van der Waals surface area (Å²) in [4.78, 5) is 17.2. The Labute approximate surface area is 89.6 Å². The molecule has 0 fully saturated rings. The van der Waals surface area contributed by atoms with Crippen LogP contribution in [0, 0.1) is 6.92 Å². The summed E-state index contributed by atoms with van der Waals surface area (Å²) in [5, 5.41) is 2.55. The van der Waals surface area contributed by atoms with Crippen molar-refractivity contribution in [2.45, 2.75) is 6.92 Å². The fourth-order valence-electron chi connectivity index (χ4n) is 1.66. The molecule has 2 aromatic heterocycles. The van der Waals surface area contributed by atoms with Crippen LogP contribution in [0.1, 0.15) is 5.56 Å². The predicted octanol–water partition coefficient (Wildman–Crippen LogP) is 2.22. The Hall–Kier alpha value is -1.68. The fraction of sp³-hybridized carbons (Fsp3) is 0.0909. The molecule has 3 nitrogen and oxygen atoms in total. The molecular formula is C11H8N2OS. The van der Waals surface area contributed by atoms with Crippen LogP contribution in [0.2, 0.25) is 0 Å². The van der Waals surface area contributed by atoms with Crippen molar-refractivity contribution in [2.75, 3.05) is 0 Å². The van der Waals surface area contributed by atoms with E-state index in [0.717, 1.165) is 16.0 Å². The van der Waals surface area contributed by atoms with E-state index < -0.39 is 0 Å². The lowest BCUT2D eigenvalue weighted by Crippen LogP contribution is -2.12. The molecule has 0 radical (unpaired) electrons. The van der Waals surface area contributed by atoms with Gasteiger partial charge >= 0.3 is 0 Å². The van der Waals surface area contributed by atoms with Gasteiger partial charge in [-0.3, -0.25) is 9.20 Å². The van der Waals surface area contributed by atoms with Crippen molar-refractivity contribution in [2.24, 2.45) is 0 Å². The van der Waals surface area contributed by atoms with E-state index in [1.807, 2.05) is 30.5 Å². The number of benzene rings is 1. The zero-order chi connectivity index (χ0) is 10.4. The number of aryl methyl sites for hydroxylation is 1. The zero-order valence-corrected chi connectivity index (χ0v) is 8.91. The van der Waals surface area contributed by atoms with E-state index in [0.29, 0.717) is 5.39 Å². The Morgan fingerprint density at radius 2 is 2.27 bits per heavy atom. The minimum Gasteiger partial charge on any atom is -0.268 e. The second-order valence-electron chi connectivity index (χ2n) is 3.49. The number of thiazole rings is 1. The molecule has 0 aliphatic carbocycles. The van der Waals surface area contributed by atoms with Gasteiger partial charge in [0.05, 0.1) is 10.9 Å². The second-order valence-corrected chi connectivity index (χ2v) is 4.37. The maximum Gasteiger partial charge on any atom is 0.266 e. The lowest BCUT2D eigenvalue weighted by atomic mass is 10.2. The lowest BCUT2D eigenvalue weighted by molar-refractivity contribution is 1.11. The molecule has 0 N–H and O–H groups in total. The molecule has 0 aliphatic rings. The highest BCUT2D eigenvalue weighted by Gasteiger charge is 2.05. The molecule has 2 heterocycles. The molecule has 0 atom stereocenters. The molecule has 3 rings (SSSR count). The van der Waals surface area contributed by atoms with Crippen LogP contribution in [0.25, 0.3) is 15.9 Å². The van der Waals surface area contributed by atoms with Crippen LogP contribution in [0.5, 0.6) is 0 Å². The van der Waals surface area contributed by atoms with E-state index in [-0.39, 0.29) is 5.56 Å². The van der Waals surface area contributed by atoms with E-state index in [4.69, 9.17) is 0 Å². The van der Waals surface area contributed by atoms with Crippen LogP contribution in [0.4, 0.5) is 0 Å². The van der Waals surface area contributed by atoms with Gasteiger partial charge in [-0.1, -0.05) is 6.07 Å². The second kappa shape index (κ2) is 2.90. The van der Waals surface area contributed by atoms with Gasteiger partial charge in [-0.25, -0.2) is 4.98 Å². The van der Waals surface area contributed by atoms with Gasteiger partial charge in [0.1, 0.15) is 0 Å². The van der Waals surface area contributed by atoms with Crippen molar-refractivity contribution in [3.63, 3.8) is 0 Å². The molecule has 0 saturated heterocycles. The first kappa shape index (κ1) is 8.61. The van der Waals surface area contributed by atoms with Crippen molar-refractivity contribution < 1.29 is 0 Å². The number of nitrogens with zero attached hydrogens (tertiary/aromatic N) is 2. The maximum atomic E-state index is 12.0. The quantitative estimate of drug-likeness (QED) is 0.577. The number of rotatable bonds is 0. The van der Waals surface area contributed by atoms with Crippen molar-refractivity contribution in [3.8, 4) is 0 Å². The molecule has 4 heteroatoms. The van der Waals surface area contributed by atoms with E-state index >= 15 is 0 Å². The summed E-state index contributed by atoms with van der Waals surface area (Å²) in [6, 6.07) is 5.71. The third-order valence-electron chi connectivity index (χ3n) is 2.41. The average Bonchev–Trinajstić information content (AvgIpc) is 2.65. The topological polar surface area (TPSA) is 34.4 Å². The monoisotopic (exact) mass is 216 g/mol. The Balaban J connectivity index is 2.63. The van der Waals surface area contributed by atoms with Gasteiger partial charge in [0.15, 0.2) is 4.96 Å². The van der Waals surface area contributed by atoms with E-state index in [9.17, 15) is 4.79 Å². The van der Waals surface area contributed by atoms with Crippen LogP contribution in [0.3, 0.4) is 0 Å². The smallest absolute Gasteiger partial charge is 0.266 e. The summed E-state index contributed by atoms with van der Waals surface area (Å²) in [6.45, 7) is 2.00. The summed E-state index contributed by atoms with van der Waals surface area (Å²) >= 11 is 1.47. The molecule has 0 amide bonds.